The topological polar surface area (TPSA) is 29.1 Å². The number of rotatable bonds is 4. The Morgan fingerprint density at radius 1 is 1.36 bits per heavy atom. The van der Waals surface area contributed by atoms with Gasteiger partial charge in [0.1, 0.15) is 0 Å². The van der Waals surface area contributed by atoms with E-state index in [1.165, 1.54) is 19.3 Å². The highest BCUT2D eigenvalue weighted by Crippen LogP contribution is 2.28. The first-order chi connectivity index (χ1) is 6.59. The monoisotopic (exact) mass is 217 g/mol. The molecular formula is C11H23NOS. The summed E-state index contributed by atoms with van der Waals surface area (Å²) in [6.07, 6.45) is 5.78. The first kappa shape index (κ1) is 12.2. The standard InChI is InChI=1S/C11H23NOS/c1-9-4-5-10(2)11(8-9)12-6-7-14(3)13/h9-12H,4-8H2,1-3H3. The Kier molecular flexibility index (Phi) is 5.10. The van der Waals surface area contributed by atoms with Gasteiger partial charge in [-0.25, -0.2) is 0 Å². The first-order valence-electron chi connectivity index (χ1n) is 5.63. The van der Waals surface area contributed by atoms with Gasteiger partial charge in [-0.2, -0.15) is 0 Å². The zero-order valence-corrected chi connectivity index (χ0v) is 10.4. The zero-order chi connectivity index (χ0) is 10.6. The number of hydrogen-bond donors (Lipinski definition) is 1. The van der Waals surface area contributed by atoms with Gasteiger partial charge in [-0.05, 0) is 24.7 Å². The lowest BCUT2D eigenvalue weighted by molar-refractivity contribution is 0.232. The van der Waals surface area contributed by atoms with Gasteiger partial charge in [0.05, 0.1) is 0 Å². The molecule has 4 unspecified atom stereocenters. The third kappa shape index (κ3) is 4.09. The molecule has 0 aromatic carbocycles. The Balaban J connectivity index is 2.24. The fourth-order valence-electron chi connectivity index (χ4n) is 2.20. The summed E-state index contributed by atoms with van der Waals surface area (Å²) in [5, 5.41) is 3.54. The van der Waals surface area contributed by atoms with Crippen LogP contribution in [0.5, 0.6) is 0 Å². The third-order valence-corrected chi connectivity index (χ3v) is 4.03. The molecule has 0 heterocycles. The highest BCUT2D eigenvalue weighted by atomic mass is 32.2. The van der Waals surface area contributed by atoms with Gasteiger partial charge < -0.3 is 5.32 Å². The summed E-state index contributed by atoms with van der Waals surface area (Å²) < 4.78 is 10.9. The highest BCUT2D eigenvalue weighted by Gasteiger charge is 2.24. The van der Waals surface area contributed by atoms with Crippen molar-refractivity contribution in [2.45, 2.75) is 39.2 Å². The Morgan fingerprint density at radius 3 is 2.71 bits per heavy atom. The van der Waals surface area contributed by atoms with Crippen LogP contribution >= 0.6 is 0 Å². The van der Waals surface area contributed by atoms with Crippen LogP contribution in [0.2, 0.25) is 0 Å². The third-order valence-electron chi connectivity index (χ3n) is 3.25. The molecule has 0 aliphatic heterocycles. The van der Waals surface area contributed by atoms with Gasteiger partial charge in [-0.1, -0.05) is 20.3 Å². The molecule has 1 saturated carbocycles. The van der Waals surface area contributed by atoms with E-state index in [4.69, 9.17) is 0 Å². The molecule has 1 rings (SSSR count). The Bertz CT molecular complexity index is 196. The fourth-order valence-corrected chi connectivity index (χ4v) is 2.61. The summed E-state index contributed by atoms with van der Waals surface area (Å²) >= 11 is 0. The van der Waals surface area contributed by atoms with Crippen molar-refractivity contribution in [2.24, 2.45) is 11.8 Å². The van der Waals surface area contributed by atoms with E-state index >= 15 is 0 Å². The zero-order valence-electron chi connectivity index (χ0n) is 9.58. The summed E-state index contributed by atoms with van der Waals surface area (Å²) in [4.78, 5) is 0. The number of hydrogen-bond acceptors (Lipinski definition) is 2. The van der Waals surface area contributed by atoms with Crippen LogP contribution in [0.1, 0.15) is 33.1 Å². The summed E-state index contributed by atoms with van der Waals surface area (Å²) in [5.41, 5.74) is 0. The molecule has 14 heavy (non-hydrogen) atoms. The normalized spacial score (nSPS) is 35.5. The second kappa shape index (κ2) is 5.86. The van der Waals surface area contributed by atoms with E-state index in [1.807, 2.05) is 0 Å². The van der Waals surface area contributed by atoms with Crippen molar-refractivity contribution < 1.29 is 4.21 Å². The van der Waals surface area contributed by atoms with Crippen molar-refractivity contribution in [1.82, 2.24) is 5.32 Å². The van der Waals surface area contributed by atoms with Gasteiger partial charge in [0.25, 0.3) is 0 Å². The van der Waals surface area contributed by atoms with E-state index in [9.17, 15) is 4.21 Å². The predicted molar refractivity (Wildman–Crippen MR) is 62.9 cm³/mol. The van der Waals surface area contributed by atoms with E-state index < -0.39 is 10.8 Å². The van der Waals surface area contributed by atoms with E-state index in [0.29, 0.717) is 6.04 Å². The number of nitrogens with one attached hydrogen (secondary N) is 1. The summed E-state index contributed by atoms with van der Waals surface area (Å²) in [6, 6.07) is 0.655. The lowest BCUT2D eigenvalue weighted by Crippen LogP contribution is -2.41. The molecule has 0 radical (unpaired) electrons. The van der Waals surface area contributed by atoms with Crippen LogP contribution in [0.3, 0.4) is 0 Å². The lowest BCUT2D eigenvalue weighted by Gasteiger charge is -2.33. The minimum atomic E-state index is -0.652. The molecule has 0 spiro atoms. The van der Waals surface area contributed by atoms with Crippen LogP contribution in [0.15, 0.2) is 0 Å². The van der Waals surface area contributed by atoms with Crippen LogP contribution in [-0.2, 0) is 10.8 Å². The highest BCUT2D eigenvalue weighted by molar-refractivity contribution is 7.84. The average Bonchev–Trinajstić information content (AvgIpc) is 2.10. The second-order valence-corrected chi connectivity index (χ2v) is 6.29. The van der Waals surface area contributed by atoms with Crippen LogP contribution < -0.4 is 5.32 Å². The van der Waals surface area contributed by atoms with Crippen LogP contribution in [-0.4, -0.2) is 28.8 Å². The van der Waals surface area contributed by atoms with Gasteiger partial charge in [0.2, 0.25) is 0 Å². The molecule has 0 aromatic rings. The van der Waals surface area contributed by atoms with E-state index in [1.54, 1.807) is 6.26 Å². The molecule has 0 aromatic heterocycles. The molecule has 1 N–H and O–H groups in total. The van der Waals surface area contributed by atoms with E-state index in [2.05, 4.69) is 19.2 Å². The predicted octanol–water partition coefficient (Wildman–Crippen LogP) is 1.78. The Hall–Kier alpha value is 0.110. The van der Waals surface area contributed by atoms with Crippen LogP contribution in [0.4, 0.5) is 0 Å². The fraction of sp³-hybridized carbons (Fsp3) is 1.00. The molecule has 84 valence electrons. The van der Waals surface area contributed by atoms with Crippen LogP contribution in [0.25, 0.3) is 0 Å². The Morgan fingerprint density at radius 2 is 2.07 bits per heavy atom. The first-order valence-corrected chi connectivity index (χ1v) is 7.35. The summed E-state index contributed by atoms with van der Waals surface area (Å²) in [6.45, 7) is 5.57. The maximum atomic E-state index is 10.9. The van der Waals surface area contributed by atoms with Gasteiger partial charge in [0, 0.05) is 35.4 Å². The van der Waals surface area contributed by atoms with Gasteiger partial charge in [-0.3, -0.25) is 4.21 Å². The summed E-state index contributed by atoms with van der Waals surface area (Å²) in [7, 11) is -0.652. The van der Waals surface area contributed by atoms with Crippen molar-refractivity contribution >= 4 is 10.8 Å². The molecule has 3 heteroatoms. The molecule has 1 fully saturated rings. The SMILES string of the molecule is CC1CCC(C)C(NCCS(C)=O)C1. The average molecular weight is 217 g/mol. The molecule has 0 saturated heterocycles. The van der Waals surface area contributed by atoms with Crippen molar-refractivity contribution in [1.29, 1.82) is 0 Å². The van der Waals surface area contributed by atoms with Gasteiger partial charge in [0.15, 0.2) is 0 Å². The minimum absolute atomic E-state index is 0.652. The molecule has 4 atom stereocenters. The maximum Gasteiger partial charge on any atom is 0.0357 e. The van der Waals surface area contributed by atoms with E-state index in [0.717, 1.165) is 24.1 Å². The smallest absolute Gasteiger partial charge is 0.0357 e. The van der Waals surface area contributed by atoms with Crippen molar-refractivity contribution in [2.75, 3.05) is 18.6 Å². The molecule has 0 bridgehead atoms. The van der Waals surface area contributed by atoms with Gasteiger partial charge >= 0.3 is 0 Å². The van der Waals surface area contributed by atoms with Crippen molar-refractivity contribution in [3.63, 3.8) is 0 Å². The quantitative estimate of drug-likeness (QED) is 0.778. The lowest BCUT2D eigenvalue weighted by atomic mass is 9.80. The largest absolute Gasteiger partial charge is 0.313 e. The van der Waals surface area contributed by atoms with E-state index in [-0.39, 0.29) is 0 Å². The van der Waals surface area contributed by atoms with Crippen molar-refractivity contribution in [3.05, 3.63) is 0 Å². The molecule has 2 nitrogen and oxygen atoms in total. The second-order valence-electron chi connectivity index (χ2n) is 4.73. The Labute approximate surface area is 90.3 Å². The maximum absolute atomic E-state index is 10.9. The molecule has 1 aliphatic carbocycles. The van der Waals surface area contributed by atoms with Crippen molar-refractivity contribution in [3.8, 4) is 0 Å². The van der Waals surface area contributed by atoms with Gasteiger partial charge in [-0.15, -0.1) is 0 Å². The molecule has 1 aliphatic rings. The molecule has 0 amide bonds. The molecular weight excluding hydrogens is 194 g/mol. The van der Waals surface area contributed by atoms with Crippen LogP contribution in [0, 0.1) is 11.8 Å². The summed E-state index contributed by atoms with van der Waals surface area (Å²) in [5.74, 6) is 2.43. The minimum Gasteiger partial charge on any atom is -0.313 e.